The molecule has 0 unspecified atom stereocenters. The molecule has 2 aliphatic rings. The lowest BCUT2D eigenvalue weighted by atomic mass is 9.72. The molecule has 22 heavy (non-hydrogen) atoms. The molecule has 0 aromatic rings. The summed E-state index contributed by atoms with van der Waals surface area (Å²) >= 11 is 0. The Kier molecular flexibility index (Phi) is 3.81. The summed E-state index contributed by atoms with van der Waals surface area (Å²) in [4.78, 5) is 0. The smallest absolute Gasteiger partial charge is 0.0701 e. The van der Waals surface area contributed by atoms with Gasteiger partial charge in [-0.1, -0.05) is 52.8 Å². The van der Waals surface area contributed by atoms with Crippen LogP contribution >= 0.6 is 0 Å². The minimum Gasteiger partial charge on any atom is -0.198 e. The number of nitriles is 2. The van der Waals surface area contributed by atoms with Crippen molar-refractivity contribution < 1.29 is 0 Å². The van der Waals surface area contributed by atoms with E-state index in [4.69, 9.17) is 0 Å². The summed E-state index contributed by atoms with van der Waals surface area (Å²) in [5.41, 5.74) is -0.490. The van der Waals surface area contributed by atoms with Gasteiger partial charge in [-0.15, -0.1) is 6.58 Å². The van der Waals surface area contributed by atoms with Crippen LogP contribution in [0.1, 0.15) is 53.9 Å². The van der Waals surface area contributed by atoms with Gasteiger partial charge in [0, 0.05) is 0 Å². The Bertz CT molecular complexity index is 578. The molecule has 0 aromatic heterocycles. The fourth-order valence-electron chi connectivity index (χ4n) is 4.02. The third-order valence-corrected chi connectivity index (χ3v) is 6.26. The Balaban J connectivity index is 2.02. The molecule has 2 aliphatic carbocycles. The Morgan fingerprint density at radius 2 is 1.59 bits per heavy atom. The molecule has 0 radical (unpaired) electrons. The van der Waals surface area contributed by atoms with Crippen LogP contribution in [0.2, 0.25) is 0 Å². The van der Waals surface area contributed by atoms with Gasteiger partial charge in [0.05, 0.1) is 23.0 Å². The van der Waals surface area contributed by atoms with E-state index in [1.54, 1.807) is 0 Å². The standard InChI is InChI=1S/C20H28N2/c1-7-15-11-20(15,14-22)18(5,6)10-8-9-16-12-19(16,13-21)17(2,3)4/h7-9,15-16H,1,10-12H2,2-6H3/b9-8+/t15-,16-,19-,20+/m0/s1. The average molecular weight is 296 g/mol. The molecule has 0 aliphatic heterocycles. The SMILES string of the molecule is C=C[C@H]1C[C@]1(C#N)C(C)(C)C/C=C/[C@H]1C[C@@]1(C#N)C(C)(C)C. The molecule has 2 rings (SSSR count). The van der Waals surface area contributed by atoms with Crippen LogP contribution in [0, 0.1) is 56.2 Å². The maximum Gasteiger partial charge on any atom is 0.0701 e. The second-order valence-electron chi connectivity index (χ2n) is 8.79. The quantitative estimate of drug-likeness (QED) is 0.650. The first-order valence-electron chi connectivity index (χ1n) is 8.22. The Morgan fingerprint density at radius 1 is 1.05 bits per heavy atom. The Morgan fingerprint density at radius 3 is 1.95 bits per heavy atom. The second-order valence-corrected chi connectivity index (χ2v) is 8.79. The summed E-state index contributed by atoms with van der Waals surface area (Å²) in [5, 5.41) is 19.1. The average Bonchev–Trinajstić information content (AvgIpc) is 3.31. The summed E-state index contributed by atoms with van der Waals surface area (Å²) in [6, 6.07) is 5.08. The van der Waals surface area contributed by atoms with Gasteiger partial charge in [0.1, 0.15) is 0 Å². The van der Waals surface area contributed by atoms with E-state index in [1.807, 2.05) is 6.08 Å². The highest BCUT2D eigenvalue weighted by Crippen LogP contribution is 2.65. The van der Waals surface area contributed by atoms with Gasteiger partial charge >= 0.3 is 0 Å². The van der Waals surface area contributed by atoms with Crippen molar-refractivity contribution in [3.63, 3.8) is 0 Å². The maximum absolute atomic E-state index is 9.58. The lowest BCUT2D eigenvalue weighted by molar-refractivity contribution is 0.236. The molecule has 0 heterocycles. The van der Waals surface area contributed by atoms with Gasteiger partial charge in [-0.05, 0) is 41.9 Å². The van der Waals surface area contributed by atoms with E-state index in [2.05, 4.69) is 65.5 Å². The normalized spacial score (nSPS) is 37.4. The number of rotatable bonds is 5. The van der Waals surface area contributed by atoms with Gasteiger partial charge in [0.15, 0.2) is 0 Å². The Hall–Kier alpha value is -1.54. The van der Waals surface area contributed by atoms with Crippen LogP contribution in [0.25, 0.3) is 0 Å². The lowest BCUT2D eigenvalue weighted by Gasteiger charge is -2.29. The van der Waals surface area contributed by atoms with Crippen LogP contribution in [-0.4, -0.2) is 0 Å². The summed E-state index contributed by atoms with van der Waals surface area (Å²) in [7, 11) is 0. The zero-order valence-corrected chi connectivity index (χ0v) is 14.6. The van der Waals surface area contributed by atoms with E-state index in [9.17, 15) is 10.5 Å². The van der Waals surface area contributed by atoms with Crippen LogP contribution in [0.3, 0.4) is 0 Å². The highest BCUT2D eigenvalue weighted by molar-refractivity contribution is 5.28. The van der Waals surface area contributed by atoms with Gasteiger partial charge in [-0.3, -0.25) is 0 Å². The second kappa shape index (κ2) is 4.99. The molecule has 0 spiro atoms. The van der Waals surface area contributed by atoms with Crippen molar-refractivity contribution in [2.24, 2.45) is 33.5 Å². The fraction of sp³-hybridized carbons (Fsp3) is 0.700. The molecule has 2 heteroatoms. The van der Waals surface area contributed by atoms with Gasteiger partial charge in [-0.25, -0.2) is 0 Å². The van der Waals surface area contributed by atoms with Gasteiger partial charge in [0.2, 0.25) is 0 Å². The van der Waals surface area contributed by atoms with Gasteiger partial charge < -0.3 is 0 Å². The van der Waals surface area contributed by atoms with Crippen LogP contribution in [0.15, 0.2) is 24.8 Å². The predicted octanol–water partition coefficient (Wildman–Crippen LogP) is 5.25. The van der Waals surface area contributed by atoms with Gasteiger partial charge in [0.25, 0.3) is 0 Å². The number of hydrogen-bond donors (Lipinski definition) is 0. The van der Waals surface area contributed by atoms with Crippen LogP contribution in [-0.2, 0) is 0 Å². The van der Waals surface area contributed by atoms with Crippen molar-refractivity contribution in [3.05, 3.63) is 24.8 Å². The first kappa shape index (κ1) is 16.8. The zero-order chi connectivity index (χ0) is 16.8. The molecule has 2 fully saturated rings. The van der Waals surface area contributed by atoms with E-state index in [0.29, 0.717) is 11.8 Å². The minimum absolute atomic E-state index is 0.0184. The first-order valence-corrected chi connectivity index (χ1v) is 8.22. The van der Waals surface area contributed by atoms with Crippen molar-refractivity contribution >= 4 is 0 Å². The molecule has 0 amide bonds. The molecule has 0 aromatic carbocycles. The summed E-state index contributed by atoms with van der Waals surface area (Å²) in [5.74, 6) is 0.690. The van der Waals surface area contributed by atoms with Crippen LogP contribution in [0.4, 0.5) is 0 Å². The van der Waals surface area contributed by atoms with Crippen LogP contribution in [0.5, 0.6) is 0 Å². The maximum atomic E-state index is 9.58. The van der Waals surface area contributed by atoms with E-state index >= 15 is 0 Å². The fourth-order valence-corrected chi connectivity index (χ4v) is 4.02. The highest BCUT2D eigenvalue weighted by Gasteiger charge is 2.62. The molecule has 0 saturated heterocycles. The molecule has 2 nitrogen and oxygen atoms in total. The third-order valence-electron chi connectivity index (χ3n) is 6.26. The number of hydrogen-bond acceptors (Lipinski definition) is 2. The molecule has 2 saturated carbocycles. The Labute approximate surface area is 135 Å². The molecular formula is C20H28N2. The van der Waals surface area contributed by atoms with E-state index < -0.39 is 0 Å². The monoisotopic (exact) mass is 296 g/mol. The van der Waals surface area contributed by atoms with E-state index in [0.717, 1.165) is 19.3 Å². The van der Waals surface area contributed by atoms with Crippen molar-refractivity contribution in [3.8, 4) is 12.1 Å². The largest absolute Gasteiger partial charge is 0.198 e. The molecule has 118 valence electrons. The number of nitrogens with zero attached hydrogens (tertiary/aromatic N) is 2. The van der Waals surface area contributed by atoms with Gasteiger partial charge in [-0.2, -0.15) is 10.5 Å². The van der Waals surface area contributed by atoms with Crippen molar-refractivity contribution in [2.75, 3.05) is 0 Å². The number of allylic oxidation sites excluding steroid dienone is 3. The van der Waals surface area contributed by atoms with Crippen molar-refractivity contribution in [1.29, 1.82) is 10.5 Å². The van der Waals surface area contributed by atoms with E-state index in [-0.39, 0.29) is 21.7 Å². The van der Waals surface area contributed by atoms with Crippen LogP contribution < -0.4 is 0 Å². The highest BCUT2D eigenvalue weighted by atomic mass is 14.6. The molecule has 4 atom stereocenters. The van der Waals surface area contributed by atoms with E-state index in [1.165, 1.54) is 0 Å². The third kappa shape index (κ3) is 2.30. The summed E-state index contributed by atoms with van der Waals surface area (Å²) < 4.78 is 0. The first-order chi connectivity index (χ1) is 10.1. The van der Waals surface area contributed by atoms with Crippen molar-refractivity contribution in [1.82, 2.24) is 0 Å². The zero-order valence-electron chi connectivity index (χ0n) is 14.6. The van der Waals surface area contributed by atoms with Crippen molar-refractivity contribution in [2.45, 2.75) is 53.9 Å². The molecule has 0 bridgehead atoms. The summed E-state index contributed by atoms with van der Waals surface area (Å²) in [6.07, 6.45) is 9.12. The molecule has 0 N–H and O–H groups in total. The minimum atomic E-state index is -0.251. The lowest BCUT2D eigenvalue weighted by Crippen LogP contribution is -2.25. The predicted molar refractivity (Wildman–Crippen MR) is 89.5 cm³/mol. The molecular weight excluding hydrogens is 268 g/mol. The summed E-state index contributed by atoms with van der Waals surface area (Å²) in [6.45, 7) is 14.7. The topological polar surface area (TPSA) is 47.6 Å².